The van der Waals surface area contributed by atoms with Gasteiger partial charge in [0.05, 0.1) is 43.6 Å². The number of pyridine rings is 1. The van der Waals surface area contributed by atoms with E-state index >= 15 is 0 Å². The first-order chi connectivity index (χ1) is 26.4. The second-order valence-corrected chi connectivity index (χ2v) is 17.0. The Hall–Kier alpha value is -4.03. The Balaban J connectivity index is 1.29. The Bertz CT molecular complexity index is 1930. The lowest BCUT2D eigenvalue weighted by atomic mass is 9.82. The quantitative estimate of drug-likeness (QED) is 0.229. The van der Waals surface area contributed by atoms with Crippen LogP contribution in [0.2, 0.25) is 0 Å². The predicted octanol–water partition coefficient (Wildman–Crippen LogP) is 4.82. The number of nitrogens with one attached hydrogen (secondary N) is 1. The summed E-state index contributed by atoms with van der Waals surface area (Å²) in [6.07, 6.45) is -3.30. The SMILES string of the molecule is CC[C@@H]1C[C@]1(CC(=O)[C@@H]1CC(Oc2nccc3cc(OC)ccc23)CN1C(=O)[C@@H](CC(=O)OC(C)(C)C(F)(F)F)C1CCOCC1)C(=O)NS(=O)(=O)OC1CC1. The summed E-state index contributed by atoms with van der Waals surface area (Å²) in [6.45, 7) is 3.63. The van der Waals surface area contributed by atoms with Crippen LogP contribution in [0.1, 0.15) is 78.6 Å². The minimum absolute atomic E-state index is 0.0393. The van der Waals surface area contributed by atoms with E-state index in [-0.39, 0.29) is 44.4 Å². The van der Waals surface area contributed by atoms with Crippen LogP contribution in [0.3, 0.4) is 0 Å². The predicted molar refractivity (Wildman–Crippen MR) is 192 cm³/mol. The summed E-state index contributed by atoms with van der Waals surface area (Å²) in [7, 11) is -2.90. The van der Waals surface area contributed by atoms with Crippen molar-refractivity contribution in [3.05, 3.63) is 30.5 Å². The molecule has 2 aromatic rings. The molecule has 4 fully saturated rings. The molecule has 1 N–H and O–H groups in total. The molecule has 0 spiro atoms. The molecule has 56 heavy (non-hydrogen) atoms. The van der Waals surface area contributed by atoms with E-state index in [1.165, 1.54) is 18.2 Å². The largest absolute Gasteiger partial charge is 0.497 e. The van der Waals surface area contributed by atoms with Crippen LogP contribution in [0.4, 0.5) is 13.2 Å². The number of alkyl halides is 3. The molecule has 308 valence electrons. The van der Waals surface area contributed by atoms with Crippen LogP contribution in [-0.4, -0.2) is 98.8 Å². The summed E-state index contributed by atoms with van der Waals surface area (Å²) in [5.74, 6) is -4.42. The second kappa shape index (κ2) is 16.1. The zero-order valence-corrected chi connectivity index (χ0v) is 32.6. The Morgan fingerprint density at radius 3 is 2.41 bits per heavy atom. The van der Waals surface area contributed by atoms with Crippen molar-refractivity contribution in [3.8, 4) is 11.6 Å². The summed E-state index contributed by atoms with van der Waals surface area (Å²) < 4.78 is 95.3. The molecule has 18 heteroatoms. The van der Waals surface area contributed by atoms with Gasteiger partial charge in [-0.25, -0.2) is 9.71 Å². The third-order valence-corrected chi connectivity index (χ3v) is 12.4. The number of hydrogen-bond acceptors (Lipinski definition) is 12. The Morgan fingerprint density at radius 1 is 1.07 bits per heavy atom. The van der Waals surface area contributed by atoms with Crippen molar-refractivity contribution in [2.45, 2.75) is 109 Å². The van der Waals surface area contributed by atoms with E-state index in [0.29, 0.717) is 43.2 Å². The third kappa shape index (κ3) is 9.23. The van der Waals surface area contributed by atoms with Gasteiger partial charge in [0.15, 0.2) is 5.78 Å². The summed E-state index contributed by atoms with van der Waals surface area (Å²) >= 11 is 0. The minimum Gasteiger partial charge on any atom is -0.497 e. The molecule has 2 aliphatic carbocycles. The number of hydrogen-bond donors (Lipinski definition) is 1. The van der Waals surface area contributed by atoms with Crippen LogP contribution in [0.5, 0.6) is 11.6 Å². The first kappa shape index (κ1) is 41.6. The van der Waals surface area contributed by atoms with Crippen LogP contribution in [0.15, 0.2) is 30.5 Å². The van der Waals surface area contributed by atoms with E-state index in [0.717, 1.165) is 19.2 Å². The molecule has 3 heterocycles. The second-order valence-electron chi connectivity index (χ2n) is 15.7. The van der Waals surface area contributed by atoms with E-state index < -0.39 is 94.0 Å². The molecule has 2 amide bonds. The average Bonchev–Trinajstić information content (AvgIpc) is 4.05. The van der Waals surface area contributed by atoms with Gasteiger partial charge in [0.25, 0.3) is 0 Å². The molecule has 14 nitrogen and oxygen atoms in total. The van der Waals surface area contributed by atoms with Gasteiger partial charge in [-0.15, -0.1) is 0 Å². The zero-order valence-electron chi connectivity index (χ0n) is 31.8. The van der Waals surface area contributed by atoms with E-state index in [1.807, 2.05) is 11.6 Å². The number of ether oxygens (including phenoxy) is 4. The number of aromatic nitrogens is 1. The van der Waals surface area contributed by atoms with Crippen molar-refractivity contribution in [1.29, 1.82) is 0 Å². The van der Waals surface area contributed by atoms with Gasteiger partial charge in [-0.2, -0.15) is 21.6 Å². The maximum atomic E-state index is 14.7. The third-order valence-electron chi connectivity index (χ3n) is 11.4. The number of nitrogens with zero attached hydrogens (tertiary/aromatic N) is 2. The lowest BCUT2D eigenvalue weighted by Crippen LogP contribution is -2.49. The number of Topliss-reactive ketones (excluding diaryl/α,β-unsaturated/α-hetero) is 1. The molecule has 2 saturated carbocycles. The van der Waals surface area contributed by atoms with Gasteiger partial charge in [0.1, 0.15) is 11.9 Å². The summed E-state index contributed by atoms with van der Waals surface area (Å²) in [5, 5.41) is 1.38. The Kier molecular flexibility index (Phi) is 11.9. The number of halogens is 3. The summed E-state index contributed by atoms with van der Waals surface area (Å²) in [4.78, 5) is 61.6. The van der Waals surface area contributed by atoms with Crippen molar-refractivity contribution in [2.75, 3.05) is 26.9 Å². The van der Waals surface area contributed by atoms with Crippen molar-refractivity contribution in [2.24, 2.45) is 23.2 Å². The highest BCUT2D eigenvalue weighted by Gasteiger charge is 2.61. The molecule has 4 aliphatic rings. The standard InChI is InChI=1S/C38H48F3N3O11S/c1-5-24-19-37(24,35(48)43-56(49,50)55-25-6-7-25)20-31(45)30-17-27(53-33-28-9-8-26(51-4)16-23(28)10-13-42-33)21-44(30)34(47)29(22-11-14-52-15-12-22)18-32(46)54-36(2,3)38(39,40)41/h8-10,13,16,22,24-25,27,29-30H,5-7,11-12,14-15,17-21H2,1-4H3,(H,43,48)/t24-,27?,29+,30+,37-/m1/s1. The number of fused-ring (bicyclic) bond motifs is 1. The van der Waals surface area contributed by atoms with E-state index in [1.54, 1.807) is 24.3 Å². The molecule has 6 rings (SSSR count). The van der Waals surface area contributed by atoms with Gasteiger partial charge in [0.2, 0.25) is 23.3 Å². The number of carbonyl (C=O) groups is 4. The first-order valence-electron chi connectivity index (χ1n) is 18.9. The maximum Gasteiger partial charge on any atom is 0.427 e. The molecule has 2 saturated heterocycles. The van der Waals surface area contributed by atoms with Gasteiger partial charge >= 0.3 is 22.4 Å². The number of rotatable bonds is 16. The summed E-state index contributed by atoms with van der Waals surface area (Å²) in [6, 6.07) is 5.85. The van der Waals surface area contributed by atoms with Gasteiger partial charge in [-0.3, -0.25) is 23.4 Å². The number of amides is 2. The van der Waals surface area contributed by atoms with E-state index in [2.05, 4.69) is 4.98 Å². The fraction of sp³-hybridized carbons (Fsp3) is 0.658. The Labute approximate surface area is 323 Å². The number of likely N-dealkylation sites (tertiary alicyclic amines) is 1. The van der Waals surface area contributed by atoms with Gasteiger partial charge < -0.3 is 23.8 Å². The normalized spacial score (nSPS) is 25.1. The number of ketones is 1. The highest BCUT2D eigenvalue weighted by atomic mass is 32.2. The molecule has 5 atom stereocenters. The number of esters is 1. The van der Waals surface area contributed by atoms with E-state index in [9.17, 15) is 40.8 Å². The van der Waals surface area contributed by atoms with Crippen molar-refractivity contribution in [3.63, 3.8) is 0 Å². The van der Waals surface area contributed by atoms with Crippen molar-refractivity contribution in [1.82, 2.24) is 14.6 Å². The number of carbonyl (C=O) groups excluding carboxylic acids is 4. The average molecular weight is 812 g/mol. The lowest BCUT2D eigenvalue weighted by Gasteiger charge is -2.35. The van der Waals surface area contributed by atoms with Crippen LogP contribution < -0.4 is 14.2 Å². The molecule has 1 aromatic heterocycles. The molecule has 1 aromatic carbocycles. The first-order valence-corrected chi connectivity index (χ1v) is 20.3. The van der Waals surface area contributed by atoms with E-state index in [4.69, 9.17) is 23.1 Å². The summed E-state index contributed by atoms with van der Waals surface area (Å²) in [5.41, 5.74) is -4.19. The molecule has 0 bridgehead atoms. The minimum atomic E-state index is -4.87. The molecule has 0 radical (unpaired) electrons. The topological polar surface area (TPSA) is 177 Å². The fourth-order valence-corrected chi connectivity index (χ4v) is 8.82. The van der Waals surface area contributed by atoms with Gasteiger partial charge in [-0.1, -0.05) is 13.3 Å². The van der Waals surface area contributed by atoms with Gasteiger partial charge in [0, 0.05) is 37.6 Å². The van der Waals surface area contributed by atoms with Crippen molar-refractivity contribution < 1.29 is 63.9 Å². The maximum absolute atomic E-state index is 14.7. The van der Waals surface area contributed by atoms with Gasteiger partial charge in [-0.05, 0) is 87.4 Å². The van der Waals surface area contributed by atoms with Crippen molar-refractivity contribution >= 4 is 44.6 Å². The highest BCUT2D eigenvalue weighted by molar-refractivity contribution is 7.85. The highest BCUT2D eigenvalue weighted by Crippen LogP contribution is 2.58. The van der Waals surface area contributed by atoms with Crippen LogP contribution in [0.25, 0.3) is 10.8 Å². The zero-order chi connectivity index (χ0) is 40.6. The number of benzene rings is 1. The smallest absolute Gasteiger partial charge is 0.427 e. The fourth-order valence-electron chi connectivity index (χ4n) is 7.79. The lowest BCUT2D eigenvalue weighted by molar-refractivity contribution is -0.257. The van der Waals surface area contributed by atoms with Crippen LogP contribution in [-0.2, 0) is 43.1 Å². The molecule has 1 unspecified atom stereocenters. The van der Waals surface area contributed by atoms with Crippen LogP contribution >= 0.6 is 0 Å². The molecular weight excluding hydrogens is 763 g/mol. The monoisotopic (exact) mass is 811 g/mol. The van der Waals surface area contributed by atoms with Crippen LogP contribution in [0, 0.1) is 23.2 Å². The molecular formula is C38H48F3N3O11S. The number of methoxy groups -OCH3 is 1. The Morgan fingerprint density at radius 2 is 1.79 bits per heavy atom. The molecule has 2 aliphatic heterocycles.